The molecule has 0 spiro atoms. The van der Waals surface area contributed by atoms with Crippen LogP contribution < -0.4 is 5.32 Å². The molecule has 0 atom stereocenters. The third kappa shape index (κ3) is 5.34. The molecule has 1 aliphatic rings. The van der Waals surface area contributed by atoms with Gasteiger partial charge in [0.1, 0.15) is 0 Å². The van der Waals surface area contributed by atoms with E-state index < -0.39 is 0 Å². The summed E-state index contributed by atoms with van der Waals surface area (Å²) in [7, 11) is 3.82. The molecule has 0 aromatic carbocycles. The topological polar surface area (TPSA) is 36.9 Å². The number of guanidine groups is 1. The highest BCUT2D eigenvalue weighted by Crippen LogP contribution is 2.18. The van der Waals surface area contributed by atoms with Gasteiger partial charge >= 0.3 is 0 Å². The number of hydrogen-bond donors (Lipinski definition) is 1. The number of aliphatic imine (C=N–C) groups is 1. The molecule has 0 amide bonds. The van der Waals surface area contributed by atoms with Crippen molar-refractivity contribution in [1.82, 2.24) is 10.2 Å². The molecule has 5 heteroatoms. The molecule has 0 aliphatic carbocycles. The first kappa shape index (κ1) is 16.0. The van der Waals surface area contributed by atoms with E-state index in [0.717, 1.165) is 38.6 Å². The second-order valence-corrected chi connectivity index (χ2v) is 4.89. The van der Waals surface area contributed by atoms with Crippen molar-refractivity contribution in [2.75, 3.05) is 40.4 Å². The fraction of sp³-hybridized carbons (Fsp3) is 0.909. The van der Waals surface area contributed by atoms with Gasteiger partial charge in [-0.1, -0.05) is 13.8 Å². The minimum Gasteiger partial charge on any atom is -0.385 e. The van der Waals surface area contributed by atoms with Gasteiger partial charge in [0.2, 0.25) is 0 Å². The molecule has 0 aromatic heterocycles. The molecule has 0 unspecified atom stereocenters. The second kappa shape index (κ2) is 7.32. The van der Waals surface area contributed by atoms with Gasteiger partial charge in [-0.15, -0.1) is 24.0 Å². The molecule has 1 heterocycles. The summed E-state index contributed by atoms with van der Waals surface area (Å²) in [5.41, 5.74) is 0.252. The molecule has 0 saturated heterocycles. The van der Waals surface area contributed by atoms with Crippen LogP contribution in [0.4, 0.5) is 0 Å². The van der Waals surface area contributed by atoms with Gasteiger partial charge in [-0.05, 0) is 11.8 Å². The Kier molecular flexibility index (Phi) is 7.30. The number of nitrogens with zero attached hydrogens (tertiary/aromatic N) is 2. The van der Waals surface area contributed by atoms with Crippen LogP contribution in [0.1, 0.15) is 20.3 Å². The molecule has 1 N–H and O–H groups in total. The van der Waals surface area contributed by atoms with E-state index in [2.05, 4.69) is 36.1 Å². The van der Waals surface area contributed by atoms with Gasteiger partial charge in [-0.25, -0.2) is 0 Å². The number of hydrogen-bond acceptors (Lipinski definition) is 4. The highest BCUT2D eigenvalue weighted by Gasteiger charge is 2.20. The predicted octanol–water partition coefficient (Wildman–Crippen LogP) is 1.56. The Hall–Kier alpha value is -0.0400. The fourth-order valence-corrected chi connectivity index (χ4v) is 1.51. The zero-order chi connectivity index (χ0) is 11.3. The Bertz CT molecular complexity index is 231. The quantitative estimate of drug-likeness (QED) is 0.771. The molecule has 0 fully saturated rings. The Morgan fingerprint density at radius 3 is 2.69 bits per heavy atom. The van der Waals surface area contributed by atoms with Crippen molar-refractivity contribution >= 4 is 29.9 Å². The Morgan fingerprint density at radius 1 is 1.50 bits per heavy atom. The molecule has 0 saturated carbocycles. The van der Waals surface area contributed by atoms with Crippen molar-refractivity contribution in [1.29, 1.82) is 0 Å². The van der Waals surface area contributed by atoms with E-state index >= 15 is 0 Å². The number of methoxy groups -OCH3 is 1. The highest BCUT2D eigenvalue weighted by atomic mass is 127. The molecule has 16 heavy (non-hydrogen) atoms. The van der Waals surface area contributed by atoms with Crippen LogP contribution in [-0.2, 0) is 4.74 Å². The Labute approximate surface area is 116 Å². The van der Waals surface area contributed by atoms with Crippen molar-refractivity contribution in [3.63, 3.8) is 0 Å². The lowest BCUT2D eigenvalue weighted by Crippen LogP contribution is -2.41. The normalized spacial score (nSPS) is 15.8. The maximum absolute atomic E-state index is 5.10. The first-order valence-electron chi connectivity index (χ1n) is 5.53. The molecule has 1 aliphatic heterocycles. The van der Waals surface area contributed by atoms with Crippen LogP contribution in [0.2, 0.25) is 0 Å². The average Bonchev–Trinajstić information content (AvgIpc) is 2.58. The van der Waals surface area contributed by atoms with Gasteiger partial charge < -0.3 is 15.0 Å². The van der Waals surface area contributed by atoms with Crippen molar-refractivity contribution < 1.29 is 4.74 Å². The molecule has 4 nitrogen and oxygen atoms in total. The third-order valence-electron chi connectivity index (χ3n) is 2.77. The number of nitrogens with one attached hydrogen (secondary N) is 1. The monoisotopic (exact) mass is 341 g/mol. The SMILES string of the molecule is COCCC(C)(C)CNC1=NCCN1C.I. The molecule has 0 aromatic rings. The maximum Gasteiger partial charge on any atom is 0.193 e. The van der Waals surface area contributed by atoms with Crippen LogP contribution in [0.3, 0.4) is 0 Å². The van der Waals surface area contributed by atoms with Crippen molar-refractivity contribution in [3.8, 4) is 0 Å². The molecular weight excluding hydrogens is 317 g/mol. The molecule has 96 valence electrons. The summed E-state index contributed by atoms with van der Waals surface area (Å²) in [5.74, 6) is 1.03. The minimum atomic E-state index is 0. The van der Waals surface area contributed by atoms with Crippen LogP contribution in [-0.4, -0.2) is 51.3 Å². The lowest BCUT2D eigenvalue weighted by molar-refractivity contribution is 0.153. The maximum atomic E-state index is 5.10. The number of halogens is 1. The van der Waals surface area contributed by atoms with Crippen LogP contribution >= 0.6 is 24.0 Å². The summed E-state index contributed by atoms with van der Waals surface area (Å²) in [6.45, 7) is 8.19. The standard InChI is InChI=1S/C11H23N3O.HI/c1-11(2,5-8-15-4)9-13-10-12-6-7-14(10)3;/h5-9H2,1-4H3,(H,12,13);1H. The highest BCUT2D eigenvalue weighted by molar-refractivity contribution is 14.0. The Balaban J connectivity index is 0.00000225. The van der Waals surface area contributed by atoms with Crippen molar-refractivity contribution in [3.05, 3.63) is 0 Å². The van der Waals surface area contributed by atoms with Gasteiger partial charge in [-0.3, -0.25) is 4.99 Å². The summed E-state index contributed by atoms with van der Waals surface area (Å²) in [6.07, 6.45) is 1.06. The number of likely N-dealkylation sites (N-methyl/N-ethyl adjacent to an activating group) is 1. The number of ether oxygens (including phenoxy) is 1. The van der Waals surface area contributed by atoms with Crippen LogP contribution in [0, 0.1) is 5.41 Å². The van der Waals surface area contributed by atoms with E-state index in [0.29, 0.717) is 0 Å². The van der Waals surface area contributed by atoms with E-state index in [-0.39, 0.29) is 29.4 Å². The van der Waals surface area contributed by atoms with E-state index in [9.17, 15) is 0 Å². The minimum absolute atomic E-state index is 0. The average molecular weight is 341 g/mol. The van der Waals surface area contributed by atoms with E-state index in [4.69, 9.17) is 4.74 Å². The smallest absolute Gasteiger partial charge is 0.193 e. The molecule has 0 radical (unpaired) electrons. The van der Waals surface area contributed by atoms with E-state index in [1.807, 2.05) is 0 Å². The van der Waals surface area contributed by atoms with Crippen molar-refractivity contribution in [2.24, 2.45) is 10.4 Å². The van der Waals surface area contributed by atoms with Crippen molar-refractivity contribution in [2.45, 2.75) is 20.3 Å². The van der Waals surface area contributed by atoms with Crippen LogP contribution in [0.25, 0.3) is 0 Å². The van der Waals surface area contributed by atoms with Gasteiger partial charge in [-0.2, -0.15) is 0 Å². The second-order valence-electron chi connectivity index (χ2n) is 4.89. The summed E-state index contributed by atoms with van der Waals surface area (Å²) < 4.78 is 5.10. The Morgan fingerprint density at radius 2 is 2.19 bits per heavy atom. The lowest BCUT2D eigenvalue weighted by Gasteiger charge is -2.26. The van der Waals surface area contributed by atoms with E-state index in [1.54, 1.807) is 7.11 Å². The zero-order valence-corrected chi connectivity index (χ0v) is 13.1. The van der Waals surface area contributed by atoms with Crippen LogP contribution in [0.5, 0.6) is 0 Å². The van der Waals surface area contributed by atoms with Gasteiger partial charge in [0.25, 0.3) is 0 Å². The largest absolute Gasteiger partial charge is 0.385 e. The molecule has 0 bridgehead atoms. The first-order valence-corrected chi connectivity index (χ1v) is 5.53. The van der Waals surface area contributed by atoms with Gasteiger partial charge in [0, 0.05) is 33.9 Å². The summed E-state index contributed by atoms with van der Waals surface area (Å²) in [4.78, 5) is 6.56. The fourth-order valence-electron chi connectivity index (χ4n) is 1.51. The number of rotatable bonds is 5. The lowest BCUT2D eigenvalue weighted by atomic mass is 9.90. The summed E-state index contributed by atoms with van der Waals surface area (Å²) >= 11 is 0. The zero-order valence-electron chi connectivity index (χ0n) is 10.7. The van der Waals surface area contributed by atoms with E-state index in [1.165, 1.54) is 0 Å². The van der Waals surface area contributed by atoms with Gasteiger partial charge in [0.15, 0.2) is 5.96 Å². The van der Waals surface area contributed by atoms with Gasteiger partial charge in [0.05, 0.1) is 6.54 Å². The summed E-state index contributed by atoms with van der Waals surface area (Å²) in [5, 5.41) is 3.40. The third-order valence-corrected chi connectivity index (χ3v) is 2.77. The predicted molar refractivity (Wildman–Crippen MR) is 78.6 cm³/mol. The first-order chi connectivity index (χ1) is 7.05. The summed E-state index contributed by atoms with van der Waals surface area (Å²) in [6, 6.07) is 0. The van der Waals surface area contributed by atoms with Crippen LogP contribution in [0.15, 0.2) is 4.99 Å². The molecule has 1 rings (SSSR count). The molecular formula is C11H24IN3O.